The Morgan fingerprint density at radius 1 is 1.59 bits per heavy atom. The molecule has 0 spiro atoms. The average molecular weight is 240 g/mol. The Bertz CT molecular complexity index is 423. The number of carbonyl (C=O) groups is 2. The van der Waals surface area contributed by atoms with Crippen LogP contribution in [-0.2, 0) is 4.79 Å². The predicted molar refractivity (Wildman–Crippen MR) is 58.0 cm³/mol. The topological polar surface area (TPSA) is 79.3 Å². The standard InChI is InChI=1S/C11H13FN2O3/c1-2-3-8(11(16)17)14-10(15)7-4-5-13-9(12)6-7/h4-6,8H,2-3H2,1H3,(H,14,15)(H,16,17)/t8-/m1/s1. The summed E-state index contributed by atoms with van der Waals surface area (Å²) in [7, 11) is 0. The smallest absolute Gasteiger partial charge is 0.326 e. The molecule has 0 saturated heterocycles. The zero-order valence-corrected chi connectivity index (χ0v) is 9.31. The molecular weight excluding hydrogens is 227 g/mol. The van der Waals surface area contributed by atoms with Gasteiger partial charge in [0.15, 0.2) is 0 Å². The van der Waals surface area contributed by atoms with Gasteiger partial charge in [-0.2, -0.15) is 4.39 Å². The Kier molecular flexibility index (Phi) is 4.56. The fourth-order valence-corrected chi connectivity index (χ4v) is 1.33. The van der Waals surface area contributed by atoms with E-state index in [0.29, 0.717) is 12.8 Å². The predicted octanol–water partition coefficient (Wildman–Crippen LogP) is 1.20. The molecule has 1 amide bonds. The molecule has 0 radical (unpaired) electrons. The molecule has 2 N–H and O–H groups in total. The third-order valence-electron chi connectivity index (χ3n) is 2.17. The van der Waals surface area contributed by atoms with Crippen LogP contribution in [0, 0.1) is 5.95 Å². The number of hydrogen-bond acceptors (Lipinski definition) is 3. The number of nitrogens with zero attached hydrogens (tertiary/aromatic N) is 1. The van der Waals surface area contributed by atoms with E-state index >= 15 is 0 Å². The van der Waals surface area contributed by atoms with Crippen molar-refractivity contribution in [1.29, 1.82) is 0 Å². The van der Waals surface area contributed by atoms with Gasteiger partial charge in [0.1, 0.15) is 6.04 Å². The van der Waals surface area contributed by atoms with Gasteiger partial charge in [0, 0.05) is 17.8 Å². The lowest BCUT2D eigenvalue weighted by atomic mass is 10.1. The molecule has 17 heavy (non-hydrogen) atoms. The molecule has 1 aromatic rings. The van der Waals surface area contributed by atoms with Gasteiger partial charge in [0.05, 0.1) is 0 Å². The van der Waals surface area contributed by atoms with Crippen molar-refractivity contribution >= 4 is 11.9 Å². The lowest BCUT2D eigenvalue weighted by Gasteiger charge is -2.13. The van der Waals surface area contributed by atoms with E-state index in [4.69, 9.17) is 5.11 Å². The lowest BCUT2D eigenvalue weighted by molar-refractivity contribution is -0.139. The molecule has 1 atom stereocenters. The summed E-state index contributed by atoms with van der Waals surface area (Å²) < 4.78 is 12.8. The Morgan fingerprint density at radius 2 is 2.29 bits per heavy atom. The zero-order chi connectivity index (χ0) is 12.8. The summed E-state index contributed by atoms with van der Waals surface area (Å²) in [5.41, 5.74) is 0.0554. The first kappa shape index (κ1) is 13.1. The van der Waals surface area contributed by atoms with E-state index in [9.17, 15) is 14.0 Å². The maximum Gasteiger partial charge on any atom is 0.326 e. The van der Waals surface area contributed by atoms with E-state index in [-0.39, 0.29) is 5.56 Å². The van der Waals surface area contributed by atoms with Crippen LogP contribution in [0.3, 0.4) is 0 Å². The van der Waals surface area contributed by atoms with Crippen molar-refractivity contribution < 1.29 is 19.1 Å². The second-order valence-electron chi connectivity index (χ2n) is 3.52. The molecule has 92 valence electrons. The molecular formula is C11H13FN2O3. The van der Waals surface area contributed by atoms with Crippen LogP contribution in [0.5, 0.6) is 0 Å². The fourth-order valence-electron chi connectivity index (χ4n) is 1.33. The number of carboxylic acids is 1. The van der Waals surface area contributed by atoms with Crippen LogP contribution in [0.25, 0.3) is 0 Å². The minimum Gasteiger partial charge on any atom is -0.480 e. The molecule has 0 aliphatic carbocycles. The highest BCUT2D eigenvalue weighted by Crippen LogP contribution is 2.03. The van der Waals surface area contributed by atoms with E-state index in [1.54, 1.807) is 0 Å². The van der Waals surface area contributed by atoms with Crippen molar-refractivity contribution in [2.45, 2.75) is 25.8 Å². The first-order valence-corrected chi connectivity index (χ1v) is 5.19. The van der Waals surface area contributed by atoms with Gasteiger partial charge >= 0.3 is 5.97 Å². The van der Waals surface area contributed by atoms with Gasteiger partial charge in [0.2, 0.25) is 5.95 Å². The second-order valence-corrected chi connectivity index (χ2v) is 3.52. The van der Waals surface area contributed by atoms with Gasteiger partial charge in [-0.3, -0.25) is 4.79 Å². The number of pyridine rings is 1. The Morgan fingerprint density at radius 3 is 2.82 bits per heavy atom. The van der Waals surface area contributed by atoms with Gasteiger partial charge in [-0.05, 0) is 12.5 Å². The Balaban J connectivity index is 2.73. The molecule has 0 aliphatic heterocycles. The highest BCUT2D eigenvalue weighted by molar-refractivity contribution is 5.96. The molecule has 5 nitrogen and oxygen atoms in total. The van der Waals surface area contributed by atoms with Crippen molar-refractivity contribution in [2.75, 3.05) is 0 Å². The summed E-state index contributed by atoms with van der Waals surface area (Å²) in [6.45, 7) is 1.81. The van der Waals surface area contributed by atoms with E-state index in [2.05, 4.69) is 10.3 Å². The van der Waals surface area contributed by atoms with Gasteiger partial charge in [0.25, 0.3) is 5.91 Å². The summed E-state index contributed by atoms with van der Waals surface area (Å²) in [5, 5.41) is 11.2. The van der Waals surface area contributed by atoms with Gasteiger partial charge < -0.3 is 10.4 Å². The SMILES string of the molecule is CCC[C@@H](NC(=O)c1ccnc(F)c1)C(=O)O. The molecule has 1 aromatic heterocycles. The second kappa shape index (κ2) is 5.93. The van der Waals surface area contributed by atoms with E-state index in [1.807, 2.05) is 6.92 Å². The number of rotatable bonds is 5. The molecule has 0 unspecified atom stereocenters. The Labute approximate surface area is 97.7 Å². The molecule has 6 heteroatoms. The molecule has 1 heterocycles. The molecule has 1 rings (SSSR count). The normalized spacial score (nSPS) is 11.9. The molecule has 0 aromatic carbocycles. The van der Waals surface area contributed by atoms with Crippen molar-refractivity contribution in [2.24, 2.45) is 0 Å². The van der Waals surface area contributed by atoms with E-state index < -0.39 is 23.9 Å². The molecule has 0 fully saturated rings. The van der Waals surface area contributed by atoms with Crippen molar-refractivity contribution in [3.8, 4) is 0 Å². The largest absolute Gasteiger partial charge is 0.480 e. The quantitative estimate of drug-likeness (QED) is 0.758. The molecule has 0 saturated carbocycles. The fraction of sp³-hybridized carbons (Fsp3) is 0.364. The first-order chi connectivity index (χ1) is 8.04. The first-order valence-electron chi connectivity index (χ1n) is 5.19. The summed E-state index contributed by atoms with van der Waals surface area (Å²) in [6, 6.07) is 1.33. The third-order valence-corrected chi connectivity index (χ3v) is 2.17. The summed E-state index contributed by atoms with van der Waals surface area (Å²) in [4.78, 5) is 25.7. The number of carboxylic acid groups (broad SMARTS) is 1. The van der Waals surface area contributed by atoms with E-state index in [1.165, 1.54) is 6.07 Å². The number of nitrogens with one attached hydrogen (secondary N) is 1. The molecule has 0 aliphatic rings. The monoisotopic (exact) mass is 240 g/mol. The number of amides is 1. The summed E-state index contributed by atoms with van der Waals surface area (Å²) in [6.07, 6.45) is 2.11. The van der Waals surface area contributed by atoms with Crippen molar-refractivity contribution in [1.82, 2.24) is 10.3 Å². The van der Waals surface area contributed by atoms with Crippen molar-refractivity contribution in [3.63, 3.8) is 0 Å². The van der Waals surface area contributed by atoms with Crippen LogP contribution in [0.15, 0.2) is 18.3 Å². The maximum absolute atomic E-state index is 12.8. The van der Waals surface area contributed by atoms with Crippen LogP contribution in [0.4, 0.5) is 4.39 Å². The van der Waals surface area contributed by atoms with Crippen LogP contribution in [-0.4, -0.2) is 28.0 Å². The minimum atomic E-state index is -1.10. The maximum atomic E-state index is 12.8. The number of carbonyl (C=O) groups excluding carboxylic acids is 1. The number of hydrogen-bond donors (Lipinski definition) is 2. The third kappa shape index (κ3) is 3.82. The number of aromatic nitrogens is 1. The van der Waals surface area contributed by atoms with Gasteiger partial charge in [-0.25, -0.2) is 9.78 Å². The van der Waals surface area contributed by atoms with Gasteiger partial charge in [-0.1, -0.05) is 13.3 Å². The lowest BCUT2D eigenvalue weighted by Crippen LogP contribution is -2.40. The van der Waals surface area contributed by atoms with Crippen LogP contribution in [0.1, 0.15) is 30.1 Å². The average Bonchev–Trinajstić information content (AvgIpc) is 2.28. The zero-order valence-electron chi connectivity index (χ0n) is 9.31. The highest BCUT2D eigenvalue weighted by atomic mass is 19.1. The minimum absolute atomic E-state index is 0.0554. The summed E-state index contributed by atoms with van der Waals surface area (Å²) in [5.74, 6) is -2.50. The number of halogens is 1. The van der Waals surface area contributed by atoms with Gasteiger partial charge in [-0.15, -0.1) is 0 Å². The van der Waals surface area contributed by atoms with Crippen LogP contribution >= 0.6 is 0 Å². The molecule has 0 bridgehead atoms. The summed E-state index contributed by atoms with van der Waals surface area (Å²) >= 11 is 0. The van der Waals surface area contributed by atoms with E-state index in [0.717, 1.165) is 12.3 Å². The number of aliphatic carboxylic acids is 1. The van der Waals surface area contributed by atoms with Crippen molar-refractivity contribution in [3.05, 3.63) is 29.8 Å². The van der Waals surface area contributed by atoms with Crippen LogP contribution < -0.4 is 5.32 Å². The van der Waals surface area contributed by atoms with Crippen LogP contribution in [0.2, 0.25) is 0 Å². The Hall–Kier alpha value is -1.98. The highest BCUT2D eigenvalue weighted by Gasteiger charge is 2.19.